The van der Waals surface area contributed by atoms with Gasteiger partial charge in [-0.3, -0.25) is 4.79 Å². The number of carbonyl (C=O) groups is 1. The quantitative estimate of drug-likeness (QED) is 0.734. The first-order valence-electron chi connectivity index (χ1n) is 9.90. The molecule has 1 atom stereocenters. The van der Waals surface area contributed by atoms with Crippen LogP contribution in [-0.2, 0) is 24.2 Å². The van der Waals surface area contributed by atoms with E-state index in [-0.39, 0.29) is 5.91 Å². The van der Waals surface area contributed by atoms with E-state index >= 15 is 0 Å². The van der Waals surface area contributed by atoms with E-state index in [1.165, 1.54) is 24.0 Å². The molecule has 0 saturated heterocycles. The van der Waals surface area contributed by atoms with Crippen molar-refractivity contribution in [3.05, 3.63) is 47.0 Å². The van der Waals surface area contributed by atoms with E-state index in [0.717, 1.165) is 24.2 Å². The molecule has 0 aliphatic heterocycles. The maximum absolute atomic E-state index is 12.5. The third-order valence-electron chi connectivity index (χ3n) is 5.19. The molecule has 0 aromatic heterocycles. The van der Waals surface area contributed by atoms with Crippen LogP contribution in [0.15, 0.2) is 30.3 Å². The van der Waals surface area contributed by atoms with Gasteiger partial charge >= 0.3 is 0 Å². The second kappa shape index (κ2) is 9.54. The number of benzene rings is 2. The molecule has 6 nitrogen and oxygen atoms in total. The highest BCUT2D eigenvalue weighted by Crippen LogP contribution is 2.38. The maximum Gasteiger partial charge on any atom is 0.261 e. The molecule has 6 heteroatoms. The molecule has 0 radical (unpaired) electrons. The number of carbonyl (C=O) groups excluding carboxylic acids is 1. The first kappa shape index (κ1) is 20.8. The molecule has 29 heavy (non-hydrogen) atoms. The zero-order chi connectivity index (χ0) is 20.8. The lowest BCUT2D eigenvalue weighted by molar-refractivity contribution is -0.127. The molecule has 0 saturated carbocycles. The number of fused-ring (bicyclic) bond motifs is 1. The lowest BCUT2D eigenvalue weighted by Crippen LogP contribution is -2.35. The highest BCUT2D eigenvalue weighted by Gasteiger charge is 2.18. The predicted octanol–water partition coefficient (Wildman–Crippen LogP) is 3.67. The third kappa shape index (κ3) is 4.94. The standard InChI is InChI=1S/C23H29NO5/c1-15(29-19-10-9-17-7-5-6-8-18(17)13-19)23(25)24-14-16-11-20(26-2)22(28-4)21(12-16)27-3/h9-13,15H,5-8,14H2,1-4H3,(H,24,25)/t15-/m0/s1. The molecule has 3 rings (SSSR count). The summed E-state index contributed by atoms with van der Waals surface area (Å²) in [6, 6.07) is 9.77. The van der Waals surface area contributed by atoms with Gasteiger partial charge in [-0.2, -0.15) is 0 Å². The molecule has 0 fully saturated rings. The van der Waals surface area contributed by atoms with E-state index in [0.29, 0.717) is 23.8 Å². The Morgan fingerprint density at radius 3 is 2.24 bits per heavy atom. The number of amides is 1. The van der Waals surface area contributed by atoms with Gasteiger partial charge in [0.25, 0.3) is 5.91 Å². The van der Waals surface area contributed by atoms with Crippen molar-refractivity contribution in [2.45, 2.75) is 45.3 Å². The Morgan fingerprint density at radius 2 is 1.62 bits per heavy atom. The smallest absolute Gasteiger partial charge is 0.261 e. The van der Waals surface area contributed by atoms with Crippen LogP contribution in [0.4, 0.5) is 0 Å². The molecular formula is C23H29NO5. The summed E-state index contributed by atoms with van der Waals surface area (Å²) in [4.78, 5) is 12.5. The van der Waals surface area contributed by atoms with Gasteiger partial charge in [-0.25, -0.2) is 0 Å². The molecule has 156 valence electrons. The number of nitrogens with one attached hydrogen (secondary N) is 1. The minimum Gasteiger partial charge on any atom is -0.493 e. The SMILES string of the molecule is COc1cc(CNC(=O)[C@H](C)Oc2ccc3c(c2)CCCC3)cc(OC)c1OC. The Hall–Kier alpha value is -2.89. The summed E-state index contributed by atoms with van der Waals surface area (Å²) in [6.45, 7) is 2.08. The number of rotatable bonds is 8. The molecule has 0 unspecified atom stereocenters. The summed E-state index contributed by atoms with van der Waals surface area (Å²) in [5.74, 6) is 2.18. The Balaban J connectivity index is 1.61. The van der Waals surface area contributed by atoms with E-state index in [9.17, 15) is 4.79 Å². The van der Waals surface area contributed by atoms with Gasteiger partial charge in [0.1, 0.15) is 5.75 Å². The number of ether oxygens (including phenoxy) is 4. The lowest BCUT2D eigenvalue weighted by Gasteiger charge is -2.19. The first-order chi connectivity index (χ1) is 14.0. The normalized spacial score (nSPS) is 13.8. The summed E-state index contributed by atoms with van der Waals surface area (Å²) in [5.41, 5.74) is 3.57. The fraction of sp³-hybridized carbons (Fsp3) is 0.435. The minimum atomic E-state index is -0.598. The highest BCUT2D eigenvalue weighted by molar-refractivity contribution is 5.80. The summed E-state index contributed by atoms with van der Waals surface area (Å²) >= 11 is 0. The third-order valence-corrected chi connectivity index (χ3v) is 5.19. The van der Waals surface area contributed by atoms with Crippen molar-refractivity contribution >= 4 is 5.91 Å². The molecule has 1 aliphatic rings. The second-order valence-corrected chi connectivity index (χ2v) is 7.15. The summed E-state index contributed by atoms with van der Waals surface area (Å²) in [6.07, 6.45) is 4.06. The van der Waals surface area contributed by atoms with Crippen LogP contribution in [0.5, 0.6) is 23.0 Å². The number of hydrogen-bond donors (Lipinski definition) is 1. The number of aryl methyl sites for hydroxylation is 2. The Morgan fingerprint density at radius 1 is 0.966 bits per heavy atom. The molecule has 0 spiro atoms. The van der Waals surface area contributed by atoms with Gasteiger partial charge in [-0.05, 0) is 73.6 Å². The van der Waals surface area contributed by atoms with Crippen molar-refractivity contribution in [3.63, 3.8) is 0 Å². The molecule has 2 aromatic rings. The van der Waals surface area contributed by atoms with E-state index in [4.69, 9.17) is 18.9 Å². The van der Waals surface area contributed by atoms with E-state index in [1.807, 2.05) is 18.2 Å². The van der Waals surface area contributed by atoms with Crippen molar-refractivity contribution in [1.29, 1.82) is 0 Å². The zero-order valence-electron chi connectivity index (χ0n) is 17.5. The molecule has 1 amide bonds. The van der Waals surface area contributed by atoms with Gasteiger partial charge in [-0.15, -0.1) is 0 Å². The monoisotopic (exact) mass is 399 g/mol. The van der Waals surface area contributed by atoms with Crippen LogP contribution in [0.3, 0.4) is 0 Å². The average Bonchev–Trinajstić information content (AvgIpc) is 2.76. The van der Waals surface area contributed by atoms with E-state index in [2.05, 4.69) is 17.4 Å². The van der Waals surface area contributed by atoms with Gasteiger partial charge in [0.05, 0.1) is 21.3 Å². The molecular weight excluding hydrogens is 370 g/mol. The van der Waals surface area contributed by atoms with E-state index < -0.39 is 6.10 Å². The van der Waals surface area contributed by atoms with Gasteiger partial charge < -0.3 is 24.3 Å². The Bertz CT molecular complexity index is 839. The first-order valence-corrected chi connectivity index (χ1v) is 9.90. The largest absolute Gasteiger partial charge is 0.493 e. The van der Waals surface area contributed by atoms with Crippen LogP contribution in [0.2, 0.25) is 0 Å². The van der Waals surface area contributed by atoms with Crippen LogP contribution in [-0.4, -0.2) is 33.3 Å². The van der Waals surface area contributed by atoms with Gasteiger partial charge in [-0.1, -0.05) is 6.07 Å². The predicted molar refractivity (Wildman–Crippen MR) is 111 cm³/mol. The van der Waals surface area contributed by atoms with Crippen LogP contribution in [0.1, 0.15) is 36.5 Å². The minimum absolute atomic E-state index is 0.184. The Kier molecular flexibility index (Phi) is 6.86. The van der Waals surface area contributed by atoms with Crippen molar-refractivity contribution in [3.8, 4) is 23.0 Å². The zero-order valence-corrected chi connectivity index (χ0v) is 17.5. The van der Waals surface area contributed by atoms with Crippen LogP contribution in [0.25, 0.3) is 0 Å². The van der Waals surface area contributed by atoms with Crippen LogP contribution < -0.4 is 24.3 Å². The van der Waals surface area contributed by atoms with Crippen LogP contribution in [0, 0.1) is 0 Å². The molecule has 1 aliphatic carbocycles. The average molecular weight is 399 g/mol. The summed E-state index contributed by atoms with van der Waals surface area (Å²) in [7, 11) is 4.68. The van der Waals surface area contributed by atoms with Crippen molar-refractivity contribution < 1.29 is 23.7 Å². The lowest BCUT2D eigenvalue weighted by atomic mass is 9.92. The molecule has 0 heterocycles. The van der Waals surface area contributed by atoms with Gasteiger partial charge in [0.15, 0.2) is 17.6 Å². The van der Waals surface area contributed by atoms with Crippen molar-refractivity contribution in [2.75, 3.05) is 21.3 Å². The van der Waals surface area contributed by atoms with Gasteiger partial charge in [0, 0.05) is 6.54 Å². The fourth-order valence-electron chi connectivity index (χ4n) is 3.61. The second-order valence-electron chi connectivity index (χ2n) is 7.15. The summed E-state index contributed by atoms with van der Waals surface area (Å²) in [5, 5.41) is 2.91. The number of methoxy groups -OCH3 is 3. The van der Waals surface area contributed by atoms with E-state index in [1.54, 1.807) is 28.3 Å². The molecule has 0 bridgehead atoms. The Labute approximate surface area is 172 Å². The topological polar surface area (TPSA) is 66.0 Å². The van der Waals surface area contributed by atoms with Gasteiger partial charge in [0.2, 0.25) is 5.75 Å². The van der Waals surface area contributed by atoms with Crippen molar-refractivity contribution in [1.82, 2.24) is 5.32 Å². The highest BCUT2D eigenvalue weighted by atomic mass is 16.5. The molecule has 2 aromatic carbocycles. The van der Waals surface area contributed by atoms with Crippen LogP contribution >= 0.6 is 0 Å². The maximum atomic E-state index is 12.5. The van der Waals surface area contributed by atoms with Crippen molar-refractivity contribution in [2.24, 2.45) is 0 Å². The summed E-state index contributed by atoms with van der Waals surface area (Å²) < 4.78 is 21.9. The fourth-order valence-corrected chi connectivity index (χ4v) is 3.61. The molecule has 1 N–H and O–H groups in total. The number of hydrogen-bond acceptors (Lipinski definition) is 5.